The molecule has 2 rings (SSSR count). The number of hydrogen-bond acceptors (Lipinski definition) is 4. The fraction of sp³-hybridized carbons (Fsp3) is 0.0769. The third kappa shape index (κ3) is 3.14. The number of amides is 1. The number of benzene rings is 1. The number of halogens is 1. The molecule has 2 N–H and O–H groups in total. The molecule has 1 amide bonds. The van der Waals surface area contributed by atoms with Gasteiger partial charge in [0.15, 0.2) is 0 Å². The third-order valence-corrected chi connectivity index (χ3v) is 2.64. The molecule has 0 aliphatic carbocycles. The number of carbonyl (C=O) groups excluding carboxylic acids is 1. The van der Waals surface area contributed by atoms with Gasteiger partial charge in [0.25, 0.3) is 5.91 Å². The van der Waals surface area contributed by atoms with E-state index in [-0.39, 0.29) is 16.5 Å². The molecule has 0 saturated carbocycles. The number of aromatic hydroxyl groups is 1. The number of phenolic OH excluding ortho intramolecular Hbond substituents is 1. The van der Waals surface area contributed by atoms with Crippen LogP contribution in [0, 0.1) is 0 Å². The zero-order valence-electron chi connectivity index (χ0n) is 10.1. The molecule has 0 fully saturated rings. The molecule has 0 aliphatic heterocycles. The van der Waals surface area contributed by atoms with Crippen LogP contribution in [0.1, 0.15) is 10.4 Å². The van der Waals surface area contributed by atoms with Gasteiger partial charge in [0, 0.05) is 18.0 Å². The van der Waals surface area contributed by atoms with Crippen molar-refractivity contribution in [3.8, 4) is 11.5 Å². The molecule has 5 nitrogen and oxygen atoms in total. The molecule has 0 saturated heterocycles. The van der Waals surface area contributed by atoms with Crippen LogP contribution in [-0.2, 0) is 0 Å². The van der Waals surface area contributed by atoms with Gasteiger partial charge in [-0.3, -0.25) is 4.79 Å². The van der Waals surface area contributed by atoms with Gasteiger partial charge in [0.2, 0.25) is 0 Å². The summed E-state index contributed by atoms with van der Waals surface area (Å²) >= 11 is 5.72. The second-order valence-electron chi connectivity index (χ2n) is 3.70. The van der Waals surface area contributed by atoms with E-state index in [4.69, 9.17) is 16.3 Å². The molecule has 0 atom stereocenters. The quantitative estimate of drug-likeness (QED) is 0.847. The number of hydrogen-bond donors (Lipinski definition) is 2. The molecular weight excluding hydrogens is 268 g/mol. The SMILES string of the molecule is COc1ccc(C(=O)Nc2ccnc(Cl)c2)c(O)c1. The van der Waals surface area contributed by atoms with Gasteiger partial charge >= 0.3 is 0 Å². The zero-order valence-corrected chi connectivity index (χ0v) is 10.8. The van der Waals surface area contributed by atoms with Crippen LogP contribution in [0.3, 0.4) is 0 Å². The Morgan fingerprint density at radius 1 is 1.37 bits per heavy atom. The molecule has 0 radical (unpaired) electrons. The molecule has 0 spiro atoms. The Balaban J connectivity index is 2.20. The second-order valence-corrected chi connectivity index (χ2v) is 4.09. The minimum absolute atomic E-state index is 0.147. The summed E-state index contributed by atoms with van der Waals surface area (Å²) in [7, 11) is 1.48. The highest BCUT2D eigenvalue weighted by Gasteiger charge is 2.12. The van der Waals surface area contributed by atoms with E-state index >= 15 is 0 Å². The minimum atomic E-state index is -0.442. The molecular formula is C13H11ClN2O3. The van der Waals surface area contributed by atoms with Crippen molar-refractivity contribution in [2.24, 2.45) is 0 Å². The third-order valence-electron chi connectivity index (χ3n) is 2.43. The van der Waals surface area contributed by atoms with Crippen molar-refractivity contribution in [3.63, 3.8) is 0 Å². The fourth-order valence-corrected chi connectivity index (χ4v) is 1.68. The van der Waals surface area contributed by atoms with Crippen LogP contribution in [0.5, 0.6) is 11.5 Å². The van der Waals surface area contributed by atoms with Gasteiger partial charge in [-0.25, -0.2) is 4.98 Å². The lowest BCUT2D eigenvalue weighted by molar-refractivity contribution is 0.102. The summed E-state index contributed by atoms with van der Waals surface area (Å²) in [6.45, 7) is 0. The Kier molecular flexibility index (Phi) is 3.87. The van der Waals surface area contributed by atoms with Crippen molar-refractivity contribution in [1.29, 1.82) is 0 Å². The lowest BCUT2D eigenvalue weighted by atomic mass is 10.1. The lowest BCUT2D eigenvalue weighted by Gasteiger charge is -2.08. The van der Waals surface area contributed by atoms with Crippen molar-refractivity contribution in [2.45, 2.75) is 0 Å². The first-order valence-electron chi connectivity index (χ1n) is 5.40. The largest absolute Gasteiger partial charge is 0.507 e. The first kappa shape index (κ1) is 13.2. The van der Waals surface area contributed by atoms with Crippen LogP contribution in [0.25, 0.3) is 0 Å². The van der Waals surface area contributed by atoms with Gasteiger partial charge in [0.1, 0.15) is 16.7 Å². The van der Waals surface area contributed by atoms with Crippen LogP contribution >= 0.6 is 11.6 Å². The van der Waals surface area contributed by atoms with Crippen molar-refractivity contribution in [3.05, 3.63) is 47.2 Å². The Morgan fingerprint density at radius 2 is 2.16 bits per heavy atom. The van der Waals surface area contributed by atoms with E-state index in [1.165, 1.54) is 31.5 Å². The summed E-state index contributed by atoms with van der Waals surface area (Å²) in [4.78, 5) is 15.8. The highest BCUT2D eigenvalue weighted by molar-refractivity contribution is 6.29. The highest BCUT2D eigenvalue weighted by atomic mass is 35.5. The van der Waals surface area contributed by atoms with E-state index < -0.39 is 5.91 Å². The number of phenols is 1. The van der Waals surface area contributed by atoms with Gasteiger partial charge in [-0.2, -0.15) is 0 Å². The van der Waals surface area contributed by atoms with E-state index in [0.717, 1.165) is 0 Å². The van der Waals surface area contributed by atoms with Crippen LogP contribution in [0.15, 0.2) is 36.5 Å². The minimum Gasteiger partial charge on any atom is -0.507 e. The van der Waals surface area contributed by atoms with Crippen LogP contribution in [0.4, 0.5) is 5.69 Å². The number of methoxy groups -OCH3 is 1. The van der Waals surface area contributed by atoms with Gasteiger partial charge in [-0.1, -0.05) is 11.6 Å². The smallest absolute Gasteiger partial charge is 0.259 e. The molecule has 0 aliphatic rings. The normalized spacial score (nSPS) is 10.0. The van der Waals surface area contributed by atoms with Crippen molar-refractivity contribution >= 4 is 23.2 Å². The topological polar surface area (TPSA) is 71.5 Å². The maximum atomic E-state index is 12.0. The predicted molar refractivity (Wildman–Crippen MR) is 71.9 cm³/mol. The Morgan fingerprint density at radius 3 is 2.79 bits per heavy atom. The van der Waals surface area contributed by atoms with Crippen molar-refractivity contribution in [1.82, 2.24) is 4.98 Å². The highest BCUT2D eigenvalue weighted by Crippen LogP contribution is 2.24. The van der Waals surface area contributed by atoms with Gasteiger partial charge in [-0.15, -0.1) is 0 Å². The molecule has 6 heteroatoms. The number of rotatable bonds is 3. The van der Waals surface area contributed by atoms with Gasteiger partial charge in [0.05, 0.1) is 12.7 Å². The van der Waals surface area contributed by atoms with E-state index in [0.29, 0.717) is 11.4 Å². The van der Waals surface area contributed by atoms with Crippen LogP contribution < -0.4 is 10.1 Å². The molecule has 2 aromatic rings. The fourth-order valence-electron chi connectivity index (χ4n) is 1.51. The number of aromatic nitrogens is 1. The number of nitrogens with zero attached hydrogens (tertiary/aromatic N) is 1. The summed E-state index contributed by atoms with van der Waals surface area (Å²) in [5.74, 6) is -0.125. The maximum Gasteiger partial charge on any atom is 0.259 e. The summed E-state index contributed by atoms with van der Waals surface area (Å²) < 4.78 is 4.95. The lowest BCUT2D eigenvalue weighted by Crippen LogP contribution is -2.12. The summed E-state index contributed by atoms with van der Waals surface area (Å²) in [5.41, 5.74) is 0.647. The Bertz CT molecular complexity index is 617. The van der Waals surface area contributed by atoms with E-state index in [9.17, 15) is 9.90 Å². The van der Waals surface area contributed by atoms with E-state index in [2.05, 4.69) is 10.3 Å². The molecule has 1 aromatic heterocycles. The number of nitrogens with one attached hydrogen (secondary N) is 1. The second kappa shape index (κ2) is 5.58. The standard InChI is InChI=1S/C13H11ClN2O3/c1-19-9-2-3-10(11(17)7-9)13(18)16-8-4-5-15-12(14)6-8/h2-7,17H,1H3,(H,15,16,18). The number of carbonyl (C=O) groups is 1. The van der Waals surface area contributed by atoms with Crippen LogP contribution in [0.2, 0.25) is 5.15 Å². The zero-order chi connectivity index (χ0) is 13.8. The monoisotopic (exact) mass is 278 g/mol. The summed E-state index contributed by atoms with van der Waals surface area (Å²) in [6.07, 6.45) is 1.48. The predicted octanol–water partition coefficient (Wildman–Crippen LogP) is 2.70. The summed E-state index contributed by atoms with van der Waals surface area (Å²) in [6, 6.07) is 7.55. The molecule has 1 heterocycles. The average Bonchev–Trinajstić information content (AvgIpc) is 2.38. The summed E-state index contributed by atoms with van der Waals surface area (Å²) in [5, 5.41) is 12.6. The van der Waals surface area contributed by atoms with Crippen molar-refractivity contribution < 1.29 is 14.6 Å². The van der Waals surface area contributed by atoms with Gasteiger partial charge in [-0.05, 0) is 24.3 Å². The maximum absolute atomic E-state index is 12.0. The number of anilines is 1. The molecule has 1 aromatic carbocycles. The van der Waals surface area contributed by atoms with Gasteiger partial charge < -0.3 is 15.2 Å². The molecule has 0 unspecified atom stereocenters. The van der Waals surface area contributed by atoms with Crippen molar-refractivity contribution in [2.75, 3.05) is 12.4 Å². The molecule has 0 bridgehead atoms. The molecule has 19 heavy (non-hydrogen) atoms. The number of pyridine rings is 1. The first-order valence-corrected chi connectivity index (χ1v) is 5.78. The first-order chi connectivity index (χ1) is 9.10. The Labute approximate surface area is 114 Å². The van der Waals surface area contributed by atoms with E-state index in [1.807, 2.05) is 0 Å². The van der Waals surface area contributed by atoms with Crippen LogP contribution in [-0.4, -0.2) is 23.1 Å². The number of ether oxygens (including phenoxy) is 1. The Hall–Kier alpha value is -2.27. The van der Waals surface area contributed by atoms with E-state index in [1.54, 1.807) is 12.1 Å². The molecule has 98 valence electrons. The average molecular weight is 279 g/mol.